The Morgan fingerprint density at radius 3 is 2.43 bits per heavy atom. The van der Waals surface area contributed by atoms with Gasteiger partial charge in [-0.05, 0) is 31.5 Å². The molecule has 0 bridgehead atoms. The van der Waals surface area contributed by atoms with Crippen molar-refractivity contribution in [2.45, 2.75) is 25.9 Å². The molecule has 1 aromatic rings. The van der Waals surface area contributed by atoms with Gasteiger partial charge in [0.05, 0.1) is 0 Å². The fourth-order valence-corrected chi connectivity index (χ4v) is 3.26. The normalized spacial score (nSPS) is 24.8. The molecule has 0 amide bonds. The van der Waals surface area contributed by atoms with Crippen LogP contribution in [-0.4, -0.2) is 43.4 Å². The Morgan fingerprint density at radius 2 is 1.83 bits per heavy atom. The summed E-state index contributed by atoms with van der Waals surface area (Å²) in [5, 5.41) is 5.30. The van der Waals surface area contributed by atoms with Crippen molar-refractivity contribution < 1.29 is 0 Å². The molecule has 3 rings (SSSR count). The van der Waals surface area contributed by atoms with E-state index in [1.807, 2.05) is 24.5 Å². The number of benzene rings is 1. The number of nitrogens with zero attached hydrogens (tertiary/aromatic N) is 3. The van der Waals surface area contributed by atoms with E-state index in [1.165, 1.54) is 5.69 Å². The van der Waals surface area contributed by atoms with Gasteiger partial charge in [-0.25, -0.2) is 10.4 Å². The summed E-state index contributed by atoms with van der Waals surface area (Å²) < 4.78 is 0. The third-order valence-corrected chi connectivity index (χ3v) is 4.47. The molecule has 0 saturated carbocycles. The predicted octanol–water partition coefficient (Wildman–Crippen LogP) is 2.21. The average molecular weight is 311 g/mol. The molecule has 5 heteroatoms. The second-order valence-electron chi connectivity index (χ2n) is 6.16. The second kappa shape index (κ2) is 6.56. The number of rotatable bonds is 3. The maximum atomic E-state index is 4.33. The Morgan fingerprint density at radius 1 is 1.17 bits per heavy atom. The second-order valence-corrected chi connectivity index (χ2v) is 6.16. The first-order valence-corrected chi connectivity index (χ1v) is 8.11. The molecule has 2 unspecified atom stereocenters. The molecule has 0 radical (unpaired) electrons. The zero-order chi connectivity index (χ0) is 16.4. The number of allylic oxidation sites excluding steroid dienone is 1. The Labute approximate surface area is 138 Å². The molecule has 2 aliphatic rings. The van der Waals surface area contributed by atoms with Gasteiger partial charge in [-0.2, -0.15) is 0 Å². The topological polar surface area (TPSA) is 42.9 Å². The van der Waals surface area contributed by atoms with Crippen molar-refractivity contribution in [3.8, 4) is 0 Å². The van der Waals surface area contributed by atoms with Crippen LogP contribution in [0.15, 0.2) is 47.9 Å². The van der Waals surface area contributed by atoms with Crippen molar-refractivity contribution in [2.24, 2.45) is 4.99 Å². The van der Waals surface area contributed by atoms with E-state index in [1.54, 1.807) is 0 Å². The van der Waals surface area contributed by atoms with Crippen molar-refractivity contribution in [1.29, 1.82) is 0 Å². The van der Waals surface area contributed by atoms with Crippen molar-refractivity contribution >= 4 is 17.5 Å². The number of piperazine rings is 1. The summed E-state index contributed by atoms with van der Waals surface area (Å²) in [5.74, 6) is 0.691. The zero-order valence-corrected chi connectivity index (χ0v) is 14.1. The number of hydrogen-bond donors (Lipinski definition) is 2. The van der Waals surface area contributed by atoms with Gasteiger partial charge in [0.25, 0.3) is 0 Å². The molecule has 2 aliphatic heterocycles. The van der Waals surface area contributed by atoms with Gasteiger partial charge in [-0.15, -0.1) is 0 Å². The van der Waals surface area contributed by atoms with Crippen LogP contribution in [0.2, 0.25) is 0 Å². The van der Waals surface area contributed by atoms with E-state index in [0.717, 1.165) is 24.2 Å². The summed E-state index contributed by atoms with van der Waals surface area (Å²) in [6.07, 6.45) is 3.88. The lowest BCUT2D eigenvalue weighted by Gasteiger charge is -2.41. The minimum atomic E-state index is 0.503. The van der Waals surface area contributed by atoms with E-state index >= 15 is 0 Å². The maximum Gasteiger partial charge on any atom is 0.139 e. The van der Waals surface area contributed by atoms with Gasteiger partial charge in [0.1, 0.15) is 5.82 Å². The summed E-state index contributed by atoms with van der Waals surface area (Å²) in [6.45, 7) is 10.5. The van der Waals surface area contributed by atoms with Gasteiger partial charge in [-0.1, -0.05) is 18.7 Å². The fraction of sp³-hybridized carbons (Fsp3) is 0.389. The van der Waals surface area contributed by atoms with Crippen LogP contribution in [-0.2, 0) is 0 Å². The predicted molar refractivity (Wildman–Crippen MR) is 97.2 cm³/mol. The Hall–Kier alpha value is -2.11. The van der Waals surface area contributed by atoms with Gasteiger partial charge in [0.2, 0.25) is 0 Å². The first kappa shape index (κ1) is 15.8. The standard InChI is InChI=1S/C18H25N5/c1-13-9-20-10-14(2)23(13)18-7-5-16(6-8-18)17-11-21-15(3)22(12-17)19-4/h5-8,11-14,19-20H,3,9-10H2,1-2,4H3. The van der Waals surface area contributed by atoms with Gasteiger partial charge < -0.3 is 10.2 Å². The Balaban J connectivity index is 1.82. The molecular weight excluding hydrogens is 286 g/mol. The van der Waals surface area contributed by atoms with E-state index in [9.17, 15) is 0 Å². The van der Waals surface area contributed by atoms with E-state index in [-0.39, 0.29) is 0 Å². The van der Waals surface area contributed by atoms with E-state index in [2.05, 4.69) is 65.3 Å². The summed E-state index contributed by atoms with van der Waals surface area (Å²) in [6, 6.07) is 9.74. The molecule has 122 valence electrons. The summed E-state index contributed by atoms with van der Waals surface area (Å²) in [7, 11) is 1.86. The molecule has 5 nitrogen and oxygen atoms in total. The number of anilines is 1. The first-order chi connectivity index (χ1) is 11.1. The fourth-order valence-electron chi connectivity index (χ4n) is 3.26. The molecule has 0 aliphatic carbocycles. The van der Waals surface area contributed by atoms with E-state index in [0.29, 0.717) is 17.9 Å². The smallest absolute Gasteiger partial charge is 0.139 e. The molecule has 1 saturated heterocycles. The molecule has 2 heterocycles. The highest BCUT2D eigenvalue weighted by molar-refractivity contribution is 6.10. The number of hydrazine groups is 1. The number of aliphatic imine (C=N–C) groups is 1. The maximum absolute atomic E-state index is 4.33. The molecular formula is C18H25N5. The first-order valence-electron chi connectivity index (χ1n) is 8.11. The van der Waals surface area contributed by atoms with Gasteiger partial charge in [0, 0.05) is 55.9 Å². The summed E-state index contributed by atoms with van der Waals surface area (Å²) in [4.78, 5) is 6.82. The van der Waals surface area contributed by atoms with Crippen LogP contribution in [0.5, 0.6) is 0 Å². The number of nitrogens with one attached hydrogen (secondary N) is 2. The van der Waals surface area contributed by atoms with Crippen LogP contribution in [0, 0.1) is 0 Å². The SMILES string of the molecule is C=C1N=CC(c2ccc(N3C(C)CNCC3C)cc2)=CN1NC. The molecule has 1 fully saturated rings. The molecule has 0 aromatic heterocycles. The van der Waals surface area contributed by atoms with Gasteiger partial charge >= 0.3 is 0 Å². The number of hydrogen-bond acceptors (Lipinski definition) is 5. The van der Waals surface area contributed by atoms with Gasteiger partial charge in [0.15, 0.2) is 0 Å². The van der Waals surface area contributed by atoms with Crippen molar-refractivity contribution in [2.75, 3.05) is 25.0 Å². The van der Waals surface area contributed by atoms with Crippen LogP contribution in [0.25, 0.3) is 5.57 Å². The average Bonchev–Trinajstić information content (AvgIpc) is 2.56. The highest BCUT2D eigenvalue weighted by Crippen LogP contribution is 2.25. The highest BCUT2D eigenvalue weighted by Gasteiger charge is 2.24. The quantitative estimate of drug-likeness (QED) is 0.898. The third-order valence-electron chi connectivity index (χ3n) is 4.47. The highest BCUT2D eigenvalue weighted by atomic mass is 15.5. The zero-order valence-electron chi connectivity index (χ0n) is 14.1. The molecule has 2 atom stereocenters. The van der Waals surface area contributed by atoms with E-state index < -0.39 is 0 Å². The minimum Gasteiger partial charge on any atom is -0.364 e. The summed E-state index contributed by atoms with van der Waals surface area (Å²) in [5.41, 5.74) is 6.56. The van der Waals surface area contributed by atoms with E-state index in [4.69, 9.17) is 0 Å². The van der Waals surface area contributed by atoms with Crippen molar-refractivity contribution in [3.63, 3.8) is 0 Å². The summed E-state index contributed by atoms with van der Waals surface area (Å²) >= 11 is 0. The van der Waals surface area contributed by atoms with Crippen LogP contribution in [0.4, 0.5) is 5.69 Å². The largest absolute Gasteiger partial charge is 0.364 e. The van der Waals surface area contributed by atoms with Crippen LogP contribution in [0.3, 0.4) is 0 Å². The Kier molecular flexibility index (Phi) is 4.50. The van der Waals surface area contributed by atoms with Gasteiger partial charge in [-0.3, -0.25) is 5.01 Å². The lowest BCUT2D eigenvalue weighted by molar-refractivity contribution is 0.372. The monoisotopic (exact) mass is 311 g/mol. The van der Waals surface area contributed by atoms with Crippen molar-refractivity contribution in [1.82, 2.24) is 15.8 Å². The molecule has 23 heavy (non-hydrogen) atoms. The Bertz CT molecular complexity index is 621. The lowest BCUT2D eigenvalue weighted by Crippen LogP contribution is -2.55. The minimum absolute atomic E-state index is 0.503. The molecule has 0 spiro atoms. The molecule has 1 aromatic carbocycles. The van der Waals surface area contributed by atoms with Crippen LogP contribution >= 0.6 is 0 Å². The van der Waals surface area contributed by atoms with Crippen LogP contribution in [0.1, 0.15) is 19.4 Å². The molecule has 2 N–H and O–H groups in total. The van der Waals surface area contributed by atoms with Crippen LogP contribution < -0.4 is 15.6 Å². The lowest BCUT2D eigenvalue weighted by atomic mass is 10.0. The third kappa shape index (κ3) is 3.16. The van der Waals surface area contributed by atoms with Crippen molar-refractivity contribution in [3.05, 3.63) is 48.4 Å².